The van der Waals surface area contributed by atoms with Crippen LogP contribution >= 0.6 is 0 Å². The molecule has 1 fully saturated rings. The average molecular weight is 346 g/mol. The Morgan fingerprint density at radius 3 is 2.40 bits per heavy atom. The van der Waals surface area contributed by atoms with E-state index < -0.39 is 12.0 Å². The molecule has 1 aromatic rings. The minimum absolute atomic E-state index is 0.0953. The number of hydrogen-bond donors (Lipinski definition) is 1. The summed E-state index contributed by atoms with van der Waals surface area (Å²) in [4.78, 5) is 38.5. The number of hydrogen-bond acceptors (Lipinski definition) is 4. The molecule has 1 heterocycles. The fraction of sp³-hybridized carbons (Fsp3) is 0.526. The summed E-state index contributed by atoms with van der Waals surface area (Å²) >= 11 is 0. The minimum Gasteiger partial charge on any atom is -0.454 e. The van der Waals surface area contributed by atoms with Gasteiger partial charge in [0.05, 0.1) is 0 Å². The summed E-state index contributed by atoms with van der Waals surface area (Å²) in [5.41, 5.74) is 0.483. The van der Waals surface area contributed by atoms with Gasteiger partial charge in [-0.25, -0.2) is 4.79 Å². The third-order valence-electron chi connectivity index (χ3n) is 4.59. The number of carbonyl (C=O) groups excluding carboxylic acids is 3. The molecule has 1 N–H and O–H groups in total. The molecule has 6 heteroatoms. The van der Waals surface area contributed by atoms with Gasteiger partial charge in [0.25, 0.3) is 11.8 Å². The van der Waals surface area contributed by atoms with E-state index in [2.05, 4.69) is 5.32 Å². The maximum Gasteiger partial charge on any atom is 0.329 e. The van der Waals surface area contributed by atoms with Crippen LogP contribution in [0.15, 0.2) is 30.3 Å². The Labute approximate surface area is 148 Å². The number of amides is 2. The van der Waals surface area contributed by atoms with Crippen LogP contribution in [0.5, 0.6) is 0 Å². The number of carbonyl (C=O) groups is 3. The van der Waals surface area contributed by atoms with Crippen LogP contribution < -0.4 is 5.32 Å². The summed E-state index contributed by atoms with van der Waals surface area (Å²) < 4.78 is 5.19. The molecular formula is C19H26N2O4. The van der Waals surface area contributed by atoms with E-state index in [0.717, 1.165) is 25.9 Å². The predicted octanol–water partition coefficient (Wildman–Crippen LogP) is 2.00. The molecule has 0 saturated carbocycles. The van der Waals surface area contributed by atoms with E-state index in [-0.39, 0.29) is 24.3 Å². The molecule has 0 aromatic heterocycles. The minimum atomic E-state index is -0.774. The lowest BCUT2D eigenvalue weighted by atomic mass is 9.99. The van der Waals surface area contributed by atoms with E-state index in [9.17, 15) is 14.4 Å². The molecule has 1 aliphatic heterocycles. The molecule has 0 aliphatic carbocycles. The lowest BCUT2D eigenvalue weighted by molar-refractivity contribution is -0.154. The highest BCUT2D eigenvalue weighted by molar-refractivity contribution is 5.97. The molecule has 2 unspecified atom stereocenters. The number of rotatable bonds is 7. The third-order valence-corrected chi connectivity index (χ3v) is 4.59. The highest BCUT2D eigenvalue weighted by Gasteiger charge is 2.29. The first-order valence-corrected chi connectivity index (χ1v) is 8.83. The second kappa shape index (κ2) is 9.20. The van der Waals surface area contributed by atoms with Gasteiger partial charge in [0.2, 0.25) is 0 Å². The summed E-state index contributed by atoms with van der Waals surface area (Å²) in [6.45, 7) is 4.98. The molecule has 136 valence electrons. The topological polar surface area (TPSA) is 75.7 Å². The van der Waals surface area contributed by atoms with Crippen LogP contribution in [0.4, 0.5) is 0 Å². The molecular weight excluding hydrogens is 320 g/mol. The molecule has 6 nitrogen and oxygen atoms in total. The Kier molecular flexibility index (Phi) is 6.98. The summed E-state index contributed by atoms with van der Waals surface area (Å²) in [5, 5.41) is 2.74. The monoisotopic (exact) mass is 346 g/mol. The van der Waals surface area contributed by atoms with Crippen molar-refractivity contribution in [1.29, 1.82) is 0 Å². The van der Waals surface area contributed by atoms with Gasteiger partial charge in [0.1, 0.15) is 6.04 Å². The summed E-state index contributed by atoms with van der Waals surface area (Å²) in [6, 6.07) is 7.95. The van der Waals surface area contributed by atoms with Crippen LogP contribution in [0, 0.1) is 5.92 Å². The van der Waals surface area contributed by atoms with Crippen molar-refractivity contribution in [2.75, 3.05) is 19.7 Å². The SMILES string of the molecule is CCC(C)C(NC(=O)c1ccccc1)C(=O)OCC(=O)N1CCCC1. The maximum absolute atomic E-state index is 12.4. The van der Waals surface area contributed by atoms with Crippen LogP contribution in [0.1, 0.15) is 43.5 Å². The maximum atomic E-state index is 12.4. The van der Waals surface area contributed by atoms with Crippen molar-refractivity contribution in [3.63, 3.8) is 0 Å². The fourth-order valence-corrected chi connectivity index (χ4v) is 2.76. The average Bonchev–Trinajstić information content (AvgIpc) is 3.18. The van der Waals surface area contributed by atoms with Gasteiger partial charge in [-0.3, -0.25) is 9.59 Å². The van der Waals surface area contributed by atoms with E-state index in [4.69, 9.17) is 4.74 Å². The smallest absolute Gasteiger partial charge is 0.329 e. The lowest BCUT2D eigenvalue weighted by Gasteiger charge is -2.23. The Morgan fingerprint density at radius 2 is 1.80 bits per heavy atom. The molecule has 1 saturated heterocycles. The van der Waals surface area contributed by atoms with E-state index >= 15 is 0 Å². The Balaban J connectivity index is 1.94. The Hall–Kier alpha value is -2.37. The Morgan fingerprint density at radius 1 is 1.16 bits per heavy atom. The van der Waals surface area contributed by atoms with Crippen molar-refractivity contribution in [2.45, 2.75) is 39.2 Å². The number of benzene rings is 1. The number of likely N-dealkylation sites (tertiary alicyclic amines) is 1. The van der Waals surface area contributed by atoms with Crippen molar-refractivity contribution < 1.29 is 19.1 Å². The normalized spacial score (nSPS) is 16.2. The van der Waals surface area contributed by atoms with Crippen molar-refractivity contribution in [3.05, 3.63) is 35.9 Å². The first kappa shape index (κ1) is 19.0. The highest BCUT2D eigenvalue weighted by atomic mass is 16.5. The van der Waals surface area contributed by atoms with Crippen molar-refractivity contribution in [1.82, 2.24) is 10.2 Å². The van der Waals surface area contributed by atoms with Crippen LogP contribution in [-0.4, -0.2) is 48.4 Å². The van der Waals surface area contributed by atoms with Crippen molar-refractivity contribution in [2.24, 2.45) is 5.92 Å². The second-order valence-corrected chi connectivity index (χ2v) is 6.40. The fourth-order valence-electron chi connectivity index (χ4n) is 2.76. The molecule has 1 aliphatic rings. The molecule has 0 spiro atoms. The highest BCUT2D eigenvalue weighted by Crippen LogP contribution is 2.12. The first-order valence-electron chi connectivity index (χ1n) is 8.83. The molecule has 25 heavy (non-hydrogen) atoms. The zero-order valence-electron chi connectivity index (χ0n) is 14.9. The third kappa shape index (κ3) is 5.31. The lowest BCUT2D eigenvalue weighted by Crippen LogP contribution is -2.46. The number of nitrogens with one attached hydrogen (secondary N) is 1. The zero-order chi connectivity index (χ0) is 18.2. The summed E-state index contributed by atoms with van der Waals surface area (Å²) in [5.74, 6) is -1.16. The zero-order valence-corrected chi connectivity index (χ0v) is 14.9. The van der Waals surface area contributed by atoms with E-state index in [1.807, 2.05) is 19.9 Å². The van der Waals surface area contributed by atoms with Crippen LogP contribution in [0.3, 0.4) is 0 Å². The quantitative estimate of drug-likeness (QED) is 0.766. The number of nitrogens with zero attached hydrogens (tertiary/aromatic N) is 1. The van der Waals surface area contributed by atoms with E-state index in [0.29, 0.717) is 12.0 Å². The largest absolute Gasteiger partial charge is 0.454 e. The van der Waals surface area contributed by atoms with Gasteiger partial charge in [0.15, 0.2) is 6.61 Å². The Bertz CT molecular complexity index is 597. The molecule has 0 bridgehead atoms. The summed E-state index contributed by atoms with van der Waals surface area (Å²) in [6.07, 6.45) is 2.68. The van der Waals surface area contributed by atoms with Gasteiger partial charge in [0, 0.05) is 18.7 Å². The molecule has 2 atom stereocenters. The van der Waals surface area contributed by atoms with Crippen molar-refractivity contribution >= 4 is 17.8 Å². The van der Waals surface area contributed by atoms with Crippen LogP contribution in [-0.2, 0) is 14.3 Å². The second-order valence-electron chi connectivity index (χ2n) is 6.40. The van der Waals surface area contributed by atoms with E-state index in [1.54, 1.807) is 29.2 Å². The van der Waals surface area contributed by atoms with Crippen molar-refractivity contribution in [3.8, 4) is 0 Å². The molecule has 2 amide bonds. The van der Waals surface area contributed by atoms with Gasteiger partial charge in [-0.2, -0.15) is 0 Å². The number of esters is 1. The molecule has 0 radical (unpaired) electrons. The van der Waals surface area contributed by atoms with Crippen LogP contribution in [0.2, 0.25) is 0 Å². The predicted molar refractivity (Wildman–Crippen MR) is 93.9 cm³/mol. The van der Waals surface area contributed by atoms with Gasteiger partial charge in [-0.05, 0) is 30.9 Å². The number of ether oxygens (including phenoxy) is 1. The van der Waals surface area contributed by atoms with Crippen LogP contribution in [0.25, 0.3) is 0 Å². The van der Waals surface area contributed by atoms with Gasteiger partial charge >= 0.3 is 5.97 Å². The van der Waals surface area contributed by atoms with Gasteiger partial charge in [-0.1, -0.05) is 38.5 Å². The van der Waals surface area contributed by atoms with Gasteiger partial charge < -0.3 is 15.0 Å². The van der Waals surface area contributed by atoms with Gasteiger partial charge in [-0.15, -0.1) is 0 Å². The summed E-state index contributed by atoms with van der Waals surface area (Å²) in [7, 11) is 0. The molecule has 2 rings (SSSR count). The molecule has 1 aromatic carbocycles. The standard InChI is InChI=1S/C19H26N2O4/c1-3-14(2)17(20-18(23)15-9-5-4-6-10-15)19(24)25-13-16(22)21-11-7-8-12-21/h4-6,9-10,14,17H,3,7-8,11-13H2,1-2H3,(H,20,23). The first-order chi connectivity index (χ1) is 12.0. The van der Waals surface area contributed by atoms with E-state index in [1.165, 1.54) is 0 Å².